The van der Waals surface area contributed by atoms with Crippen molar-refractivity contribution in [3.8, 4) is 0 Å². The van der Waals surface area contributed by atoms with Gasteiger partial charge in [0.05, 0.1) is 11.0 Å². The van der Waals surface area contributed by atoms with E-state index in [-0.39, 0.29) is 24.0 Å². The average Bonchev–Trinajstić information content (AvgIpc) is 3.11. The van der Waals surface area contributed by atoms with Gasteiger partial charge in [-0.2, -0.15) is 0 Å². The van der Waals surface area contributed by atoms with E-state index < -0.39 is 5.97 Å². The van der Waals surface area contributed by atoms with Crippen LogP contribution in [0.2, 0.25) is 0 Å². The lowest BCUT2D eigenvalue weighted by atomic mass is 9.84. The van der Waals surface area contributed by atoms with Crippen LogP contribution in [0.5, 0.6) is 0 Å². The molecule has 0 spiro atoms. The molecule has 0 saturated carbocycles. The van der Waals surface area contributed by atoms with Crippen molar-refractivity contribution >= 4 is 23.2 Å². The predicted octanol–water partition coefficient (Wildman–Crippen LogP) is 5.65. The molecule has 0 fully saturated rings. The Morgan fingerprint density at radius 1 is 1.06 bits per heavy atom. The van der Waals surface area contributed by atoms with E-state index in [0.717, 1.165) is 42.5 Å². The minimum Gasteiger partial charge on any atom is -0.480 e. The molecule has 33 heavy (non-hydrogen) atoms. The third-order valence-corrected chi connectivity index (χ3v) is 7.63. The Labute approximate surface area is 202 Å². The molecular weight excluding hydrogens is 434 g/mol. The number of carbonyl (C=O) groups excluding carboxylic acids is 1. The zero-order chi connectivity index (χ0) is 24.8. The highest BCUT2D eigenvalue weighted by molar-refractivity contribution is 7.14. The second-order valence-corrected chi connectivity index (χ2v) is 11.2. The van der Waals surface area contributed by atoms with Gasteiger partial charge in [0.1, 0.15) is 6.54 Å². The maximum absolute atomic E-state index is 12.2. The number of hydrogen-bond acceptors (Lipinski definition) is 4. The van der Waals surface area contributed by atoms with Crippen LogP contribution in [-0.2, 0) is 17.6 Å². The molecule has 2 aromatic rings. The first-order chi connectivity index (χ1) is 15.4. The molecule has 1 aromatic carbocycles. The van der Waals surface area contributed by atoms with Crippen molar-refractivity contribution in [1.82, 2.24) is 5.32 Å². The van der Waals surface area contributed by atoms with Gasteiger partial charge in [0.15, 0.2) is 0 Å². The minimum atomic E-state index is -1.05. The number of rotatable bonds is 11. The number of carboxylic acid groups (broad SMARTS) is 1. The molecule has 0 radical (unpaired) electrons. The summed E-state index contributed by atoms with van der Waals surface area (Å²) in [6.07, 6.45) is 4.25. The molecule has 0 saturated heterocycles. The molecule has 2 rings (SSSR count). The first-order valence-corrected chi connectivity index (χ1v) is 12.6. The topological polar surface area (TPSA) is 86.6 Å². The molecule has 3 N–H and O–H groups in total. The molecule has 1 heterocycles. The van der Waals surface area contributed by atoms with Gasteiger partial charge in [0.25, 0.3) is 5.91 Å². The van der Waals surface area contributed by atoms with Gasteiger partial charge in [-0.15, -0.1) is 11.3 Å². The molecular formula is C27H39NO4S. The quantitative estimate of drug-likeness (QED) is 0.394. The zero-order valence-corrected chi connectivity index (χ0v) is 21.6. The van der Waals surface area contributed by atoms with Gasteiger partial charge >= 0.3 is 5.97 Å². The fourth-order valence-electron chi connectivity index (χ4n) is 4.03. The van der Waals surface area contributed by atoms with Crippen molar-refractivity contribution in [2.45, 2.75) is 85.7 Å². The van der Waals surface area contributed by atoms with Gasteiger partial charge in [-0.25, -0.2) is 0 Å². The Bertz CT molecular complexity index is 958. The molecule has 1 aromatic heterocycles. The summed E-state index contributed by atoms with van der Waals surface area (Å²) in [6.45, 7) is 12.1. The number of aryl methyl sites for hydroxylation is 4. The molecule has 2 unspecified atom stereocenters. The number of amides is 1. The molecule has 0 aliphatic rings. The number of hydrogen-bond donors (Lipinski definition) is 3. The number of aliphatic hydroxyl groups excluding tert-OH is 1. The molecule has 2 atom stereocenters. The fourth-order valence-corrected chi connectivity index (χ4v) is 5.14. The smallest absolute Gasteiger partial charge is 0.322 e. The highest BCUT2D eigenvalue weighted by Gasteiger charge is 2.22. The Hall–Kier alpha value is -2.18. The normalized spacial score (nSPS) is 13.5. The van der Waals surface area contributed by atoms with Crippen LogP contribution < -0.4 is 5.32 Å². The minimum absolute atomic E-state index is 0.0991. The number of nitrogens with one attached hydrogen (secondary N) is 1. The van der Waals surface area contributed by atoms with Crippen molar-refractivity contribution in [3.63, 3.8) is 0 Å². The summed E-state index contributed by atoms with van der Waals surface area (Å²) in [4.78, 5) is 24.7. The van der Waals surface area contributed by atoms with E-state index in [1.165, 1.54) is 28.0 Å². The number of aliphatic hydroxyl groups is 1. The van der Waals surface area contributed by atoms with Crippen molar-refractivity contribution in [3.05, 3.63) is 56.3 Å². The summed E-state index contributed by atoms with van der Waals surface area (Å²) < 4.78 is 0. The standard InChI is InChI=1S/C27H39NO4S/c1-7-19(10-12-22-15-18(3)25(33-22)26(32)28-16-24(30)31)21-9-8-20(17(2)14-21)11-13-23(29)27(4,5)6/h8-9,14-15,19,23,29H,7,10-13,16H2,1-6H3,(H,28,32)(H,30,31). The largest absolute Gasteiger partial charge is 0.480 e. The molecule has 5 nitrogen and oxygen atoms in total. The van der Waals surface area contributed by atoms with Gasteiger partial charge in [0, 0.05) is 4.88 Å². The van der Waals surface area contributed by atoms with Gasteiger partial charge in [-0.3, -0.25) is 9.59 Å². The van der Waals surface area contributed by atoms with Crippen LogP contribution in [0.3, 0.4) is 0 Å². The van der Waals surface area contributed by atoms with Gasteiger partial charge < -0.3 is 15.5 Å². The number of carbonyl (C=O) groups is 2. The van der Waals surface area contributed by atoms with E-state index >= 15 is 0 Å². The highest BCUT2D eigenvalue weighted by Crippen LogP contribution is 2.31. The van der Waals surface area contributed by atoms with Gasteiger partial charge in [-0.05, 0) is 85.6 Å². The Balaban J connectivity index is 2.01. The van der Waals surface area contributed by atoms with Crippen molar-refractivity contribution in [1.29, 1.82) is 0 Å². The Morgan fingerprint density at radius 2 is 1.76 bits per heavy atom. The molecule has 0 aliphatic heterocycles. The van der Waals surface area contributed by atoms with Crippen molar-refractivity contribution in [2.24, 2.45) is 5.41 Å². The summed E-state index contributed by atoms with van der Waals surface area (Å²) in [5, 5.41) is 21.6. The Kier molecular flexibility index (Phi) is 9.68. The SMILES string of the molecule is CCC(CCc1cc(C)c(C(=O)NCC(=O)O)s1)c1ccc(CCC(O)C(C)(C)C)c(C)c1. The van der Waals surface area contributed by atoms with E-state index in [4.69, 9.17) is 5.11 Å². The zero-order valence-electron chi connectivity index (χ0n) is 20.8. The summed E-state index contributed by atoms with van der Waals surface area (Å²) in [7, 11) is 0. The van der Waals surface area contributed by atoms with Crippen molar-refractivity contribution < 1.29 is 19.8 Å². The molecule has 182 valence electrons. The first-order valence-electron chi connectivity index (χ1n) is 11.8. The maximum Gasteiger partial charge on any atom is 0.322 e. The monoisotopic (exact) mass is 473 g/mol. The number of aliphatic carboxylic acids is 1. The van der Waals surface area contributed by atoms with E-state index in [9.17, 15) is 14.7 Å². The summed E-state index contributed by atoms with van der Waals surface area (Å²) in [6, 6.07) is 8.77. The van der Waals surface area contributed by atoms with E-state index in [1.807, 2.05) is 13.0 Å². The maximum atomic E-state index is 12.2. The number of carboxylic acids is 1. The molecule has 1 amide bonds. The van der Waals surface area contributed by atoms with Crippen LogP contribution in [0, 0.1) is 19.3 Å². The second kappa shape index (κ2) is 11.8. The van der Waals surface area contributed by atoms with Gasteiger partial charge in [-0.1, -0.05) is 45.9 Å². The fraction of sp³-hybridized carbons (Fsp3) is 0.556. The molecule has 0 aliphatic carbocycles. The van der Waals surface area contributed by atoms with Crippen molar-refractivity contribution in [2.75, 3.05) is 6.54 Å². The highest BCUT2D eigenvalue weighted by atomic mass is 32.1. The van der Waals surface area contributed by atoms with Crippen LogP contribution in [0.15, 0.2) is 24.3 Å². The molecule has 6 heteroatoms. The Morgan fingerprint density at radius 3 is 2.33 bits per heavy atom. The molecule has 0 bridgehead atoms. The van der Waals surface area contributed by atoms with Crippen LogP contribution in [0.25, 0.3) is 0 Å². The van der Waals surface area contributed by atoms with Crippen LogP contribution in [0.4, 0.5) is 0 Å². The third kappa shape index (κ3) is 7.97. The first kappa shape index (κ1) is 27.1. The summed E-state index contributed by atoms with van der Waals surface area (Å²) in [5.74, 6) is -0.930. The lowest BCUT2D eigenvalue weighted by molar-refractivity contribution is -0.135. The summed E-state index contributed by atoms with van der Waals surface area (Å²) >= 11 is 1.46. The lowest BCUT2D eigenvalue weighted by Gasteiger charge is -2.26. The number of thiophene rings is 1. The average molecular weight is 474 g/mol. The van der Waals surface area contributed by atoms with Gasteiger partial charge in [0.2, 0.25) is 0 Å². The van der Waals surface area contributed by atoms with E-state index in [2.05, 4.69) is 58.1 Å². The van der Waals surface area contributed by atoms with E-state index in [0.29, 0.717) is 10.8 Å². The number of benzene rings is 1. The second-order valence-electron chi connectivity index (χ2n) is 10.1. The van der Waals surface area contributed by atoms with Crippen LogP contribution in [0.1, 0.15) is 89.7 Å². The summed E-state index contributed by atoms with van der Waals surface area (Å²) in [5.41, 5.74) is 4.70. The predicted molar refractivity (Wildman–Crippen MR) is 135 cm³/mol. The lowest BCUT2D eigenvalue weighted by Crippen LogP contribution is -2.28. The van der Waals surface area contributed by atoms with Crippen LogP contribution in [-0.4, -0.2) is 34.7 Å². The van der Waals surface area contributed by atoms with Crippen LogP contribution >= 0.6 is 11.3 Å². The van der Waals surface area contributed by atoms with E-state index in [1.54, 1.807) is 0 Å². The third-order valence-electron chi connectivity index (χ3n) is 6.33.